The summed E-state index contributed by atoms with van der Waals surface area (Å²) in [6.45, 7) is 13.7. The summed E-state index contributed by atoms with van der Waals surface area (Å²) in [4.78, 5) is 0. The molecule has 0 aromatic rings. The summed E-state index contributed by atoms with van der Waals surface area (Å²) in [6.07, 6.45) is 13.9. The van der Waals surface area contributed by atoms with E-state index < -0.39 is 16.6 Å². The second-order valence-corrected chi connectivity index (χ2v) is 17.9. The number of rotatable bonds is 4. The monoisotopic (exact) mass is 334 g/mol. The molecule has 0 unspecified atom stereocenters. The molecule has 0 bridgehead atoms. The molecule has 0 saturated heterocycles. The zero-order valence-corrected chi connectivity index (χ0v) is 17.0. The van der Waals surface area contributed by atoms with Gasteiger partial charge < -0.3 is 8.85 Å². The fourth-order valence-electron chi connectivity index (χ4n) is 4.16. The molecule has 122 valence electrons. The SMILES string of the molecule is C[Si](C)(C)OC1=C(O[Si](C)(C)C)C23CC=CCC12CC=CC3. The molecule has 0 N–H and O–H groups in total. The van der Waals surface area contributed by atoms with Gasteiger partial charge in [0.05, 0.1) is 0 Å². The van der Waals surface area contributed by atoms with Crippen molar-refractivity contribution < 1.29 is 8.85 Å². The first kappa shape index (κ1) is 16.1. The fourth-order valence-corrected chi connectivity index (χ4v) is 5.97. The maximum Gasteiger partial charge on any atom is 0.241 e. The Hall–Kier alpha value is -0.746. The zero-order valence-electron chi connectivity index (χ0n) is 15.0. The van der Waals surface area contributed by atoms with Crippen LogP contribution in [0.4, 0.5) is 0 Å². The van der Waals surface area contributed by atoms with Crippen molar-refractivity contribution in [3.05, 3.63) is 35.8 Å². The van der Waals surface area contributed by atoms with Gasteiger partial charge in [0, 0.05) is 10.8 Å². The van der Waals surface area contributed by atoms with Crippen LogP contribution < -0.4 is 0 Å². The van der Waals surface area contributed by atoms with Crippen molar-refractivity contribution >= 4 is 16.6 Å². The van der Waals surface area contributed by atoms with E-state index in [1.165, 1.54) is 11.5 Å². The lowest BCUT2D eigenvalue weighted by atomic mass is 9.44. The van der Waals surface area contributed by atoms with Crippen molar-refractivity contribution in [1.82, 2.24) is 0 Å². The molecule has 22 heavy (non-hydrogen) atoms. The summed E-state index contributed by atoms with van der Waals surface area (Å²) < 4.78 is 13.2. The van der Waals surface area contributed by atoms with E-state index in [-0.39, 0.29) is 10.8 Å². The van der Waals surface area contributed by atoms with Crippen LogP contribution in [-0.4, -0.2) is 16.6 Å². The molecule has 0 heterocycles. The van der Waals surface area contributed by atoms with Crippen molar-refractivity contribution in [3.8, 4) is 0 Å². The van der Waals surface area contributed by atoms with Crippen LogP contribution in [0.5, 0.6) is 0 Å². The van der Waals surface area contributed by atoms with Crippen LogP contribution in [0.1, 0.15) is 25.7 Å². The van der Waals surface area contributed by atoms with Crippen LogP contribution in [-0.2, 0) is 8.85 Å². The van der Waals surface area contributed by atoms with Crippen LogP contribution in [0, 0.1) is 10.8 Å². The Bertz CT molecular complexity index is 493. The lowest BCUT2D eigenvalue weighted by Crippen LogP contribution is -2.59. The van der Waals surface area contributed by atoms with Gasteiger partial charge in [0.25, 0.3) is 0 Å². The zero-order chi connectivity index (χ0) is 16.2. The van der Waals surface area contributed by atoms with Gasteiger partial charge in [-0.1, -0.05) is 24.3 Å². The number of hydrogen-bond donors (Lipinski definition) is 0. The average molecular weight is 335 g/mol. The Morgan fingerprint density at radius 2 is 0.909 bits per heavy atom. The minimum Gasteiger partial charge on any atom is -0.545 e. The maximum absolute atomic E-state index is 6.60. The van der Waals surface area contributed by atoms with E-state index in [1.807, 2.05) is 0 Å². The highest BCUT2D eigenvalue weighted by molar-refractivity contribution is 6.70. The molecular formula is C18H30O2Si2. The Labute approximate surface area is 137 Å². The highest BCUT2D eigenvalue weighted by Crippen LogP contribution is 2.72. The van der Waals surface area contributed by atoms with E-state index in [2.05, 4.69) is 63.6 Å². The Balaban J connectivity index is 2.08. The minimum absolute atomic E-state index is 0.172. The summed E-state index contributed by atoms with van der Waals surface area (Å²) >= 11 is 0. The van der Waals surface area contributed by atoms with Crippen molar-refractivity contribution in [1.29, 1.82) is 0 Å². The molecule has 0 saturated carbocycles. The first-order chi connectivity index (χ1) is 10.1. The normalized spacial score (nSPS) is 33.9. The molecule has 0 spiro atoms. The quantitative estimate of drug-likeness (QED) is 0.493. The third-order valence-electron chi connectivity index (χ3n) is 5.01. The van der Waals surface area contributed by atoms with Crippen LogP contribution >= 0.6 is 0 Å². The highest BCUT2D eigenvalue weighted by Gasteiger charge is 2.67. The average Bonchev–Trinajstić information content (AvgIpc) is 2.40. The van der Waals surface area contributed by atoms with Crippen LogP contribution in [0.2, 0.25) is 39.3 Å². The molecule has 3 rings (SSSR count). The molecule has 0 aliphatic heterocycles. The third kappa shape index (κ3) is 2.35. The molecule has 4 heteroatoms. The fraction of sp³-hybridized carbons (Fsp3) is 0.667. The Kier molecular flexibility index (Phi) is 3.57. The smallest absolute Gasteiger partial charge is 0.241 e. The molecular weight excluding hydrogens is 304 g/mol. The van der Waals surface area contributed by atoms with E-state index in [1.54, 1.807) is 0 Å². The summed E-state index contributed by atoms with van der Waals surface area (Å²) in [7, 11) is -3.28. The van der Waals surface area contributed by atoms with E-state index in [9.17, 15) is 0 Å². The molecule has 0 amide bonds. The minimum atomic E-state index is -1.64. The van der Waals surface area contributed by atoms with Gasteiger partial charge in [0.2, 0.25) is 16.6 Å². The number of hydrogen-bond acceptors (Lipinski definition) is 2. The first-order valence-corrected chi connectivity index (χ1v) is 15.3. The second kappa shape index (κ2) is 4.87. The van der Waals surface area contributed by atoms with E-state index in [0.29, 0.717) is 0 Å². The van der Waals surface area contributed by atoms with E-state index in [0.717, 1.165) is 25.7 Å². The third-order valence-corrected chi connectivity index (χ3v) is 6.64. The molecule has 0 aromatic heterocycles. The van der Waals surface area contributed by atoms with E-state index in [4.69, 9.17) is 8.85 Å². The standard InChI is InChI=1S/C18H30O2Si2/c1-21(2,3)19-15-16(20-22(4,5)6)18-13-9-7-11-17(15,18)12-8-10-14-18/h7-10H,11-14H2,1-6H3. The summed E-state index contributed by atoms with van der Waals surface area (Å²) in [5.74, 6) is 2.42. The molecule has 0 atom stereocenters. The molecule has 0 radical (unpaired) electrons. The van der Waals surface area contributed by atoms with E-state index >= 15 is 0 Å². The first-order valence-electron chi connectivity index (χ1n) is 8.53. The largest absolute Gasteiger partial charge is 0.545 e. The number of allylic oxidation sites excluding steroid dienone is 6. The lowest BCUT2D eigenvalue weighted by Gasteiger charge is -2.63. The Morgan fingerprint density at radius 1 is 0.636 bits per heavy atom. The van der Waals surface area contributed by atoms with Crippen molar-refractivity contribution in [3.63, 3.8) is 0 Å². The van der Waals surface area contributed by atoms with Gasteiger partial charge in [-0.3, -0.25) is 0 Å². The summed E-state index contributed by atoms with van der Waals surface area (Å²) in [5.41, 5.74) is 0.345. The topological polar surface area (TPSA) is 18.5 Å². The summed E-state index contributed by atoms with van der Waals surface area (Å²) in [6, 6.07) is 0. The predicted octanol–water partition coefficient (Wildman–Crippen LogP) is 5.59. The second-order valence-electron chi connectivity index (χ2n) is 9.01. The van der Waals surface area contributed by atoms with Crippen LogP contribution in [0.15, 0.2) is 35.8 Å². The molecule has 2 nitrogen and oxygen atoms in total. The maximum atomic E-state index is 6.60. The van der Waals surface area contributed by atoms with Crippen molar-refractivity contribution in [2.45, 2.75) is 65.0 Å². The van der Waals surface area contributed by atoms with Crippen molar-refractivity contribution in [2.24, 2.45) is 10.8 Å². The van der Waals surface area contributed by atoms with Gasteiger partial charge in [-0.15, -0.1) is 0 Å². The highest BCUT2D eigenvalue weighted by atomic mass is 28.4. The molecule has 0 aromatic carbocycles. The summed E-state index contributed by atoms with van der Waals surface area (Å²) in [5, 5.41) is 0. The van der Waals surface area contributed by atoms with Crippen molar-refractivity contribution in [2.75, 3.05) is 0 Å². The Morgan fingerprint density at radius 3 is 1.14 bits per heavy atom. The van der Waals surface area contributed by atoms with Crippen LogP contribution in [0.25, 0.3) is 0 Å². The van der Waals surface area contributed by atoms with Gasteiger partial charge in [0.1, 0.15) is 11.5 Å². The lowest BCUT2D eigenvalue weighted by molar-refractivity contribution is -0.0436. The van der Waals surface area contributed by atoms with Gasteiger partial charge in [-0.25, -0.2) is 0 Å². The predicted molar refractivity (Wildman–Crippen MR) is 97.5 cm³/mol. The molecule has 3 aliphatic carbocycles. The van der Waals surface area contributed by atoms with Gasteiger partial charge in [-0.2, -0.15) is 0 Å². The van der Waals surface area contributed by atoms with Gasteiger partial charge >= 0.3 is 0 Å². The van der Waals surface area contributed by atoms with Gasteiger partial charge in [0.15, 0.2) is 0 Å². The van der Waals surface area contributed by atoms with Gasteiger partial charge in [-0.05, 0) is 65.0 Å². The molecule has 0 fully saturated rings. The van der Waals surface area contributed by atoms with Crippen LogP contribution in [0.3, 0.4) is 0 Å². The molecule has 3 aliphatic rings.